The predicted octanol–water partition coefficient (Wildman–Crippen LogP) is -0.636. The van der Waals surface area contributed by atoms with Crippen LogP contribution in [0.15, 0.2) is 24.3 Å². The lowest BCUT2D eigenvalue weighted by Gasteiger charge is -2.39. The molecule has 1 saturated carbocycles. The first-order chi connectivity index (χ1) is 10.3. The van der Waals surface area contributed by atoms with Crippen molar-refractivity contribution in [3.05, 3.63) is 29.8 Å². The van der Waals surface area contributed by atoms with Gasteiger partial charge in [-0.2, -0.15) is 0 Å². The van der Waals surface area contributed by atoms with Gasteiger partial charge in [0.2, 0.25) is 0 Å². The van der Waals surface area contributed by atoms with Crippen molar-refractivity contribution in [1.82, 2.24) is 0 Å². The summed E-state index contributed by atoms with van der Waals surface area (Å²) >= 11 is 0. The highest BCUT2D eigenvalue weighted by atomic mass is 16.5. The van der Waals surface area contributed by atoms with E-state index in [2.05, 4.69) is 0 Å². The molecule has 7 nitrogen and oxygen atoms in total. The fraction of sp³-hybridized carbons (Fsp3) is 0.467. The van der Waals surface area contributed by atoms with Gasteiger partial charge in [-0.05, 0) is 24.1 Å². The average Bonchev–Trinajstić information content (AvgIpc) is 2.50. The summed E-state index contributed by atoms with van der Waals surface area (Å²) in [6.45, 7) is 0. The van der Waals surface area contributed by atoms with Crippen molar-refractivity contribution in [1.29, 1.82) is 0 Å². The van der Waals surface area contributed by atoms with Crippen LogP contribution in [0, 0.1) is 5.92 Å². The molecule has 0 aliphatic heterocycles. The van der Waals surface area contributed by atoms with Crippen molar-refractivity contribution in [2.75, 3.05) is 7.11 Å². The van der Waals surface area contributed by atoms with E-state index >= 15 is 0 Å². The van der Waals surface area contributed by atoms with Crippen molar-refractivity contribution in [2.24, 2.45) is 5.92 Å². The van der Waals surface area contributed by atoms with E-state index in [0.29, 0.717) is 11.3 Å². The molecule has 4 atom stereocenters. The first kappa shape index (κ1) is 16.4. The molecule has 1 aliphatic carbocycles. The maximum absolute atomic E-state index is 12.1. The molecule has 0 bridgehead atoms. The zero-order valence-electron chi connectivity index (χ0n) is 12.0. The minimum absolute atomic E-state index is 0.0601. The minimum atomic E-state index is -2.41. The molecule has 0 amide bonds. The molecule has 0 saturated heterocycles. The summed E-state index contributed by atoms with van der Waals surface area (Å²) in [6.07, 6.45) is -3.95. The highest BCUT2D eigenvalue weighted by Crippen LogP contribution is 2.35. The Labute approximate surface area is 126 Å². The first-order valence-corrected chi connectivity index (χ1v) is 6.78. The monoisotopic (exact) mass is 310 g/mol. The third kappa shape index (κ3) is 2.83. The summed E-state index contributed by atoms with van der Waals surface area (Å²) in [6, 6.07) is 6.58. The normalized spacial score (nSPS) is 31.8. The summed E-state index contributed by atoms with van der Waals surface area (Å²) in [7, 11) is 1.50. The summed E-state index contributed by atoms with van der Waals surface area (Å²) in [5.41, 5.74) is -1.79. The van der Waals surface area contributed by atoms with Gasteiger partial charge < -0.3 is 25.2 Å². The van der Waals surface area contributed by atoms with Gasteiger partial charge in [0.25, 0.3) is 0 Å². The quantitative estimate of drug-likeness (QED) is 0.583. The van der Waals surface area contributed by atoms with Gasteiger partial charge in [-0.3, -0.25) is 4.79 Å². The van der Waals surface area contributed by atoms with Crippen LogP contribution in [0.3, 0.4) is 0 Å². The van der Waals surface area contributed by atoms with Gasteiger partial charge in [0.1, 0.15) is 11.9 Å². The van der Waals surface area contributed by atoms with Gasteiger partial charge in [0, 0.05) is 6.42 Å². The third-order valence-corrected chi connectivity index (χ3v) is 4.07. The van der Waals surface area contributed by atoms with Crippen LogP contribution in [0.1, 0.15) is 12.0 Å². The number of aliphatic hydroxyl groups excluding tert-OH is 2. The molecular weight excluding hydrogens is 292 g/mol. The number of rotatable bonds is 4. The molecule has 0 spiro atoms. The van der Waals surface area contributed by atoms with Gasteiger partial charge >= 0.3 is 5.97 Å². The zero-order valence-corrected chi connectivity index (χ0v) is 12.0. The Kier molecular flexibility index (Phi) is 4.50. The number of methoxy groups -OCH3 is 1. The number of carbonyl (C=O) groups excluding carboxylic acids is 1. The largest absolute Gasteiger partial charge is 0.497 e. The lowest BCUT2D eigenvalue weighted by molar-refractivity contribution is -0.187. The maximum atomic E-state index is 12.1. The van der Waals surface area contributed by atoms with Crippen molar-refractivity contribution in [3.8, 4) is 5.75 Å². The van der Waals surface area contributed by atoms with Crippen LogP contribution < -0.4 is 4.74 Å². The van der Waals surface area contributed by atoms with Crippen LogP contribution in [0.4, 0.5) is 0 Å². The van der Waals surface area contributed by atoms with Crippen LogP contribution >= 0.6 is 0 Å². The number of hydrogen-bond acceptors (Lipinski definition) is 6. The summed E-state index contributed by atoms with van der Waals surface area (Å²) in [5.74, 6) is -3.20. The van der Waals surface area contributed by atoms with E-state index in [1.165, 1.54) is 7.11 Å². The van der Waals surface area contributed by atoms with Crippen LogP contribution in [0.5, 0.6) is 5.75 Å². The standard InChI is InChI=1S/C15H18O7/c1-22-9-4-2-8(3-5-9)6-10-12(17)13(18)11(16)7-15(10,21)14(19)20/h2-5,10-11,13,16,18,21H,6-7H2,1H3,(H,19,20)/t10-,11-,13+,15-/m1/s1. The number of hydrogen-bond donors (Lipinski definition) is 4. The molecule has 0 aromatic heterocycles. The molecule has 22 heavy (non-hydrogen) atoms. The van der Waals surface area contributed by atoms with E-state index in [1.807, 2.05) is 0 Å². The van der Waals surface area contributed by atoms with E-state index in [-0.39, 0.29) is 6.42 Å². The lowest BCUT2D eigenvalue weighted by atomic mass is 9.69. The highest BCUT2D eigenvalue weighted by molar-refractivity contribution is 5.94. The Balaban J connectivity index is 2.30. The molecule has 1 aromatic rings. The average molecular weight is 310 g/mol. The molecule has 1 aliphatic rings. The number of ether oxygens (including phenoxy) is 1. The number of benzene rings is 1. The van der Waals surface area contributed by atoms with Crippen LogP contribution in [0.25, 0.3) is 0 Å². The third-order valence-electron chi connectivity index (χ3n) is 4.07. The molecule has 120 valence electrons. The van der Waals surface area contributed by atoms with Crippen LogP contribution in [-0.4, -0.2) is 57.1 Å². The molecule has 1 aromatic carbocycles. The molecule has 4 N–H and O–H groups in total. The number of carboxylic acids is 1. The molecule has 0 radical (unpaired) electrons. The van der Waals surface area contributed by atoms with Crippen LogP contribution in [0.2, 0.25) is 0 Å². The molecule has 7 heteroatoms. The van der Waals surface area contributed by atoms with Crippen LogP contribution in [-0.2, 0) is 16.0 Å². The second-order valence-electron chi connectivity index (χ2n) is 5.45. The van der Waals surface area contributed by atoms with Gasteiger partial charge in [-0.1, -0.05) is 12.1 Å². The SMILES string of the molecule is COc1ccc(C[C@@H]2C(=O)[C@@H](O)[C@H](O)C[C@]2(O)C(=O)O)cc1. The molecule has 0 heterocycles. The van der Waals surface area contributed by atoms with Gasteiger partial charge in [-0.25, -0.2) is 4.79 Å². The fourth-order valence-corrected chi connectivity index (χ4v) is 2.71. The second kappa shape index (κ2) is 6.04. The molecular formula is C15H18O7. The van der Waals surface area contributed by atoms with E-state index < -0.39 is 41.9 Å². The Morgan fingerprint density at radius 3 is 2.41 bits per heavy atom. The number of aliphatic hydroxyl groups is 3. The van der Waals surface area contributed by atoms with E-state index in [4.69, 9.17) is 4.74 Å². The summed E-state index contributed by atoms with van der Waals surface area (Å²) < 4.78 is 5.01. The number of carboxylic acid groups (broad SMARTS) is 1. The number of Topliss-reactive ketones (excluding diaryl/α,β-unsaturated/α-hetero) is 1. The van der Waals surface area contributed by atoms with E-state index in [9.17, 15) is 30.0 Å². The summed E-state index contributed by atoms with van der Waals surface area (Å²) in [4.78, 5) is 23.5. The van der Waals surface area contributed by atoms with E-state index in [1.54, 1.807) is 24.3 Å². The van der Waals surface area contributed by atoms with Crippen molar-refractivity contribution < 1.29 is 34.8 Å². The highest BCUT2D eigenvalue weighted by Gasteiger charge is 2.55. The Morgan fingerprint density at radius 2 is 1.91 bits per heavy atom. The Morgan fingerprint density at radius 1 is 1.32 bits per heavy atom. The Hall–Kier alpha value is -1.96. The fourth-order valence-electron chi connectivity index (χ4n) is 2.71. The Bertz CT molecular complexity index is 568. The predicted molar refractivity (Wildman–Crippen MR) is 74.4 cm³/mol. The van der Waals surface area contributed by atoms with E-state index in [0.717, 1.165) is 0 Å². The summed E-state index contributed by atoms with van der Waals surface area (Å²) in [5, 5.41) is 38.8. The minimum Gasteiger partial charge on any atom is -0.497 e. The topological polar surface area (TPSA) is 124 Å². The number of ketones is 1. The number of carbonyl (C=O) groups is 2. The maximum Gasteiger partial charge on any atom is 0.336 e. The smallest absolute Gasteiger partial charge is 0.336 e. The lowest BCUT2D eigenvalue weighted by Crippen LogP contribution is -2.61. The van der Waals surface area contributed by atoms with Gasteiger partial charge in [0.05, 0.1) is 19.1 Å². The molecule has 2 rings (SSSR count). The zero-order chi connectivity index (χ0) is 16.5. The van der Waals surface area contributed by atoms with Crippen molar-refractivity contribution in [3.63, 3.8) is 0 Å². The number of aliphatic carboxylic acids is 1. The van der Waals surface area contributed by atoms with Crippen molar-refractivity contribution >= 4 is 11.8 Å². The van der Waals surface area contributed by atoms with Crippen molar-refractivity contribution in [2.45, 2.75) is 30.7 Å². The second-order valence-corrected chi connectivity index (χ2v) is 5.45. The van der Waals surface area contributed by atoms with Gasteiger partial charge in [-0.15, -0.1) is 0 Å². The first-order valence-electron chi connectivity index (χ1n) is 6.78. The molecule has 1 fully saturated rings. The molecule has 0 unspecified atom stereocenters. The van der Waals surface area contributed by atoms with Gasteiger partial charge in [0.15, 0.2) is 11.4 Å².